The fraction of sp³-hybridized carbons (Fsp3) is 0.429. The number of hydrogen-bond acceptors (Lipinski definition) is 6. The first-order chi connectivity index (χ1) is 10.2. The van der Waals surface area contributed by atoms with E-state index in [-0.39, 0.29) is 5.91 Å². The van der Waals surface area contributed by atoms with Crippen LogP contribution in [-0.2, 0) is 0 Å². The minimum atomic E-state index is -0.125. The van der Waals surface area contributed by atoms with Crippen molar-refractivity contribution in [2.45, 2.75) is 0 Å². The van der Waals surface area contributed by atoms with Crippen LogP contribution in [0.25, 0.3) is 0 Å². The Bertz CT molecular complexity index is 549. The van der Waals surface area contributed by atoms with Crippen LogP contribution in [0.5, 0.6) is 17.2 Å². The van der Waals surface area contributed by atoms with Crippen molar-refractivity contribution in [3.05, 3.63) is 17.7 Å². The summed E-state index contributed by atoms with van der Waals surface area (Å²) in [6, 6.07) is 3.31. The van der Waals surface area contributed by atoms with Crippen molar-refractivity contribution in [3.8, 4) is 17.2 Å². The van der Waals surface area contributed by atoms with E-state index in [9.17, 15) is 4.79 Å². The summed E-state index contributed by atoms with van der Waals surface area (Å²) >= 11 is 1.46. The zero-order valence-electron chi connectivity index (χ0n) is 12.5. The average molecular weight is 310 g/mol. The molecule has 0 aliphatic carbocycles. The molecule has 0 spiro atoms. The highest BCUT2D eigenvalue weighted by molar-refractivity contribution is 8.13. The molecule has 7 heteroatoms. The van der Waals surface area contributed by atoms with E-state index in [1.54, 1.807) is 17.0 Å². The predicted octanol–water partition coefficient (Wildman–Crippen LogP) is 1.89. The number of thioether (sulfide) groups is 1. The number of rotatable bonds is 4. The number of nitrogens with zero attached hydrogens (tertiary/aromatic N) is 2. The quantitative estimate of drug-likeness (QED) is 0.850. The molecule has 0 N–H and O–H groups in total. The number of carbonyl (C=O) groups is 1. The van der Waals surface area contributed by atoms with E-state index in [1.807, 2.05) is 6.26 Å². The Hall–Kier alpha value is -1.89. The van der Waals surface area contributed by atoms with Crippen LogP contribution in [0.3, 0.4) is 0 Å². The van der Waals surface area contributed by atoms with Crippen LogP contribution in [0.4, 0.5) is 0 Å². The lowest BCUT2D eigenvalue weighted by atomic mass is 10.1. The lowest BCUT2D eigenvalue weighted by Crippen LogP contribution is -2.32. The molecule has 0 unspecified atom stereocenters. The number of amidine groups is 1. The third-order valence-electron chi connectivity index (χ3n) is 3.14. The Morgan fingerprint density at radius 2 is 1.81 bits per heavy atom. The fourth-order valence-corrected chi connectivity index (χ4v) is 2.77. The Balaban J connectivity index is 2.40. The molecule has 0 fully saturated rings. The number of hydrogen-bond donors (Lipinski definition) is 0. The van der Waals surface area contributed by atoms with Crippen molar-refractivity contribution in [3.63, 3.8) is 0 Å². The second-order valence-corrected chi connectivity index (χ2v) is 5.01. The molecule has 0 atom stereocenters. The van der Waals surface area contributed by atoms with E-state index in [0.29, 0.717) is 35.9 Å². The lowest BCUT2D eigenvalue weighted by Gasteiger charge is -2.19. The van der Waals surface area contributed by atoms with Crippen molar-refractivity contribution >= 4 is 22.8 Å². The summed E-state index contributed by atoms with van der Waals surface area (Å²) in [5.41, 5.74) is 0.480. The van der Waals surface area contributed by atoms with Crippen molar-refractivity contribution < 1.29 is 19.0 Å². The second-order valence-electron chi connectivity index (χ2n) is 4.24. The predicted molar refractivity (Wildman–Crippen MR) is 83.0 cm³/mol. The van der Waals surface area contributed by atoms with E-state index < -0.39 is 0 Å². The molecule has 0 radical (unpaired) electrons. The zero-order chi connectivity index (χ0) is 15.4. The van der Waals surface area contributed by atoms with Crippen LogP contribution in [0.1, 0.15) is 10.4 Å². The number of ether oxygens (including phenoxy) is 3. The first-order valence-electron chi connectivity index (χ1n) is 6.36. The number of carbonyl (C=O) groups excluding carboxylic acids is 1. The maximum atomic E-state index is 12.6. The fourth-order valence-electron chi connectivity index (χ4n) is 2.15. The van der Waals surface area contributed by atoms with Crippen LogP contribution in [0, 0.1) is 0 Å². The molecular weight excluding hydrogens is 292 g/mol. The van der Waals surface area contributed by atoms with Gasteiger partial charge in [0.15, 0.2) is 16.7 Å². The van der Waals surface area contributed by atoms with Crippen LogP contribution in [0.2, 0.25) is 0 Å². The molecule has 0 bridgehead atoms. The molecule has 1 amide bonds. The number of benzene rings is 1. The summed E-state index contributed by atoms with van der Waals surface area (Å²) in [6.45, 7) is 1.22. The van der Waals surface area contributed by atoms with Gasteiger partial charge in [-0.15, -0.1) is 0 Å². The molecule has 1 aromatic rings. The van der Waals surface area contributed by atoms with Gasteiger partial charge in [0.1, 0.15) is 0 Å². The first kappa shape index (κ1) is 15.5. The molecule has 1 aromatic carbocycles. The van der Waals surface area contributed by atoms with Gasteiger partial charge in [0.2, 0.25) is 5.75 Å². The molecule has 114 valence electrons. The van der Waals surface area contributed by atoms with Gasteiger partial charge in [0.25, 0.3) is 5.91 Å². The molecule has 1 heterocycles. The smallest absolute Gasteiger partial charge is 0.260 e. The maximum Gasteiger partial charge on any atom is 0.260 e. The van der Waals surface area contributed by atoms with Crippen LogP contribution >= 0.6 is 11.8 Å². The Labute approximate surface area is 128 Å². The van der Waals surface area contributed by atoms with Crippen molar-refractivity contribution in [2.24, 2.45) is 4.99 Å². The first-order valence-corrected chi connectivity index (χ1v) is 7.59. The molecule has 2 rings (SSSR count). The molecular formula is C14H18N2O4S. The number of methoxy groups -OCH3 is 3. The topological polar surface area (TPSA) is 60.4 Å². The molecule has 1 aliphatic heterocycles. The van der Waals surface area contributed by atoms with Crippen molar-refractivity contribution in [1.29, 1.82) is 0 Å². The Kier molecular flexibility index (Phi) is 4.95. The van der Waals surface area contributed by atoms with E-state index >= 15 is 0 Å². The van der Waals surface area contributed by atoms with E-state index in [4.69, 9.17) is 14.2 Å². The third-order valence-corrected chi connectivity index (χ3v) is 3.86. The average Bonchev–Trinajstić information content (AvgIpc) is 3.01. The van der Waals surface area contributed by atoms with Gasteiger partial charge in [0.05, 0.1) is 27.9 Å². The summed E-state index contributed by atoms with van der Waals surface area (Å²) in [7, 11) is 4.58. The van der Waals surface area contributed by atoms with Crippen molar-refractivity contribution in [1.82, 2.24) is 4.90 Å². The summed E-state index contributed by atoms with van der Waals surface area (Å²) < 4.78 is 15.8. The third kappa shape index (κ3) is 2.92. The largest absolute Gasteiger partial charge is 0.493 e. The maximum absolute atomic E-state index is 12.6. The van der Waals surface area contributed by atoms with Crippen LogP contribution in [-0.4, -0.2) is 56.6 Å². The Morgan fingerprint density at radius 1 is 1.19 bits per heavy atom. The van der Waals surface area contributed by atoms with E-state index in [1.165, 1.54) is 33.1 Å². The van der Waals surface area contributed by atoms with Gasteiger partial charge in [-0.25, -0.2) is 0 Å². The van der Waals surface area contributed by atoms with Gasteiger partial charge in [-0.05, 0) is 18.4 Å². The van der Waals surface area contributed by atoms with Gasteiger partial charge < -0.3 is 14.2 Å². The molecule has 0 saturated carbocycles. The molecule has 1 aliphatic rings. The number of amides is 1. The minimum Gasteiger partial charge on any atom is -0.493 e. The summed E-state index contributed by atoms with van der Waals surface area (Å²) in [5.74, 6) is 1.26. The monoisotopic (exact) mass is 310 g/mol. The minimum absolute atomic E-state index is 0.125. The highest BCUT2D eigenvalue weighted by atomic mass is 32.2. The molecule has 0 aromatic heterocycles. The van der Waals surface area contributed by atoms with Crippen LogP contribution in [0.15, 0.2) is 17.1 Å². The highest BCUT2D eigenvalue weighted by Crippen LogP contribution is 2.38. The second kappa shape index (κ2) is 6.71. The SMILES string of the molecule is COc1cc(C(=O)N2CCN=C2SC)cc(OC)c1OC. The molecule has 0 saturated heterocycles. The Morgan fingerprint density at radius 3 is 2.29 bits per heavy atom. The zero-order valence-corrected chi connectivity index (χ0v) is 13.3. The lowest BCUT2D eigenvalue weighted by molar-refractivity contribution is 0.0860. The van der Waals surface area contributed by atoms with Gasteiger partial charge >= 0.3 is 0 Å². The molecule has 21 heavy (non-hydrogen) atoms. The van der Waals surface area contributed by atoms with E-state index in [0.717, 1.165) is 5.17 Å². The normalized spacial score (nSPS) is 13.9. The van der Waals surface area contributed by atoms with Gasteiger partial charge in [-0.3, -0.25) is 14.7 Å². The summed E-state index contributed by atoms with van der Waals surface area (Å²) in [6.07, 6.45) is 1.90. The van der Waals surface area contributed by atoms with Crippen molar-refractivity contribution in [2.75, 3.05) is 40.7 Å². The van der Waals surface area contributed by atoms with Crippen LogP contribution < -0.4 is 14.2 Å². The van der Waals surface area contributed by atoms with E-state index in [2.05, 4.69) is 4.99 Å². The highest BCUT2D eigenvalue weighted by Gasteiger charge is 2.26. The number of aliphatic imine (C=N–C) groups is 1. The van der Waals surface area contributed by atoms with Gasteiger partial charge in [0, 0.05) is 12.1 Å². The van der Waals surface area contributed by atoms with Gasteiger partial charge in [-0.1, -0.05) is 11.8 Å². The standard InChI is InChI=1S/C14H18N2O4S/c1-18-10-7-9(8-11(19-2)12(10)20-3)13(17)16-6-5-15-14(16)21-4/h7-8H,5-6H2,1-4H3. The van der Waals surface area contributed by atoms with Gasteiger partial charge in [-0.2, -0.15) is 0 Å². The summed E-state index contributed by atoms with van der Waals surface area (Å²) in [5, 5.41) is 0.730. The molecule has 6 nitrogen and oxygen atoms in total. The summed E-state index contributed by atoms with van der Waals surface area (Å²) in [4.78, 5) is 18.6.